The van der Waals surface area contributed by atoms with Crippen LogP contribution in [0.25, 0.3) is 43.6 Å². The van der Waals surface area contributed by atoms with E-state index >= 15 is 0 Å². The van der Waals surface area contributed by atoms with Gasteiger partial charge in [-0.3, -0.25) is 0 Å². The number of pyridine rings is 1. The summed E-state index contributed by atoms with van der Waals surface area (Å²) >= 11 is 0. The Kier molecular flexibility index (Phi) is 5.67. The van der Waals surface area contributed by atoms with Crippen molar-refractivity contribution in [3.8, 4) is 22.8 Å². The molecule has 0 saturated heterocycles. The van der Waals surface area contributed by atoms with E-state index < -0.39 is 0 Å². The lowest BCUT2D eigenvalue weighted by Crippen LogP contribution is -2.32. The molecule has 2 nitrogen and oxygen atoms in total. The summed E-state index contributed by atoms with van der Waals surface area (Å²) in [5.41, 5.74) is 9.70. The van der Waals surface area contributed by atoms with Gasteiger partial charge in [-0.25, -0.2) is 4.57 Å². The van der Waals surface area contributed by atoms with Gasteiger partial charge in [-0.2, -0.15) is 0 Å². The highest BCUT2D eigenvalue weighted by atomic mass is 16.5. The molecular formula is C37H42NO+. The number of ether oxygens (including phenoxy) is 1. The van der Waals surface area contributed by atoms with Crippen molar-refractivity contribution in [3.63, 3.8) is 0 Å². The third-order valence-corrected chi connectivity index (χ3v) is 8.51. The van der Waals surface area contributed by atoms with Crippen molar-refractivity contribution in [2.45, 2.75) is 75.2 Å². The maximum atomic E-state index is 7.09. The minimum atomic E-state index is 0.128. The third-order valence-electron chi connectivity index (χ3n) is 8.51. The summed E-state index contributed by atoms with van der Waals surface area (Å²) in [4.78, 5) is 0. The first-order valence-corrected chi connectivity index (χ1v) is 14.4. The van der Waals surface area contributed by atoms with E-state index in [0.717, 1.165) is 24.3 Å². The van der Waals surface area contributed by atoms with E-state index in [0.29, 0.717) is 0 Å². The summed E-state index contributed by atoms with van der Waals surface area (Å²) in [5.74, 6) is 2.02. The zero-order chi connectivity index (χ0) is 28.0. The lowest BCUT2D eigenvalue weighted by atomic mass is 9.80. The van der Waals surface area contributed by atoms with Crippen LogP contribution in [-0.2, 0) is 19.9 Å². The van der Waals surface area contributed by atoms with Crippen LogP contribution in [0.15, 0.2) is 48.7 Å². The van der Waals surface area contributed by atoms with Crippen LogP contribution in [0.1, 0.15) is 69.4 Å². The van der Waals surface area contributed by atoms with Crippen LogP contribution in [-0.4, -0.2) is 0 Å². The van der Waals surface area contributed by atoms with Gasteiger partial charge in [-0.05, 0) is 94.3 Å². The zero-order valence-electron chi connectivity index (χ0n) is 25.4. The topological polar surface area (TPSA) is 13.1 Å². The molecule has 0 fully saturated rings. The lowest BCUT2D eigenvalue weighted by molar-refractivity contribution is -0.659. The second-order valence-corrected chi connectivity index (χ2v) is 14.3. The van der Waals surface area contributed by atoms with Gasteiger partial charge < -0.3 is 4.74 Å². The number of aryl methyl sites for hydroxylation is 4. The number of aromatic nitrogens is 1. The largest absolute Gasteiger partial charge is 0.455 e. The van der Waals surface area contributed by atoms with Crippen LogP contribution in [0.5, 0.6) is 11.5 Å². The van der Waals surface area contributed by atoms with E-state index in [-0.39, 0.29) is 10.8 Å². The van der Waals surface area contributed by atoms with Crippen LogP contribution < -0.4 is 9.30 Å². The van der Waals surface area contributed by atoms with Crippen LogP contribution in [0.4, 0.5) is 0 Å². The standard InChI is InChI=1S/C37H42NO/c1-21-17-28-26-15-16-38(10)34-32-23(3)24-13-11-12-14-25(24)30(20-37(7,8)9)35(32)39-31(33(26)34)18-27(28)22(2)29(21)19-36(4,5)6/h11-18H,19-20H2,1-10H3/q+1. The Morgan fingerprint density at radius 1 is 0.692 bits per heavy atom. The van der Waals surface area contributed by atoms with Gasteiger partial charge in [-0.1, -0.05) is 71.9 Å². The van der Waals surface area contributed by atoms with Gasteiger partial charge in [0, 0.05) is 17.0 Å². The van der Waals surface area contributed by atoms with Crippen molar-refractivity contribution in [2.24, 2.45) is 17.9 Å². The Labute approximate surface area is 233 Å². The molecule has 6 rings (SSSR count). The minimum Gasteiger partial charge on any atom is -0.455 e. The van der Waals surface area contributed by atoms with E-state index in [1.54, 1.807) is 0 Å². The molecule has 0 amide bonds. The minimum absolute atomic E-state index is 0.128. The summed E-state index contributed by atoms with van der Waals surface area (Å²) in [7, 11) is 2.18. The molecule has 0 bridgehead atoms. The second-order valence-electron chi connectivity index (χ2n) is 14.3. The molecule has 4 aromatic carbocycles. The highest BCUT2D eigenvalue weighted by molar-refractivity contribution is 6.17. The number of hydrogen-bond acceptors (Lipinski definition) is 1. The number of hydrogen-bond donors (Lipinski definition) is 0. The number of fused-ring (bicyclic) bond motifs is 5. The summed E-state index contributed by atoms with van der Waals surface area (Å²) in [6.45, 7) is 20.8. The summed E-state index contributed by atoms with van der Waals surface area (Å²) < 4.78 is 9.39. The van der Waals surface area contributed by atoms with Crippen LogP contribution in [0.2, 0.25) is 0 Å². The van der Waals surface area contributed by atoms with Crippen LogP contribution in [0, 0.1) is 31.6 Å². The molecule has 1 aromatic heterocycles. The highest BCUT2D eigenvalue weighted by Gasteiger charge is 2.34. The van der Waals surface area contributed by atoms with Crippen molar-refractivity contribution in [2.75, 3.05) is 0 Å². The third kappa shape index (κ3) is 4.11. The summed E-state index contributed by atoms with van der Waals surface area (Å²) in [6, 6.07) is 15.9. The van der Waals surface area contributed by atoms with Gasteiger partial charge in [0.2, 0.25) is 5.69 Å². The van der Waals surface area contributed by atoms with Crippen molar-refractivity contribution in [1.29, 1.82) is 0 Å². The molecule has 2 heterocycles. The molecule has 5 aromatic rings. The Hall–Kier alpha value is -3.39. The Morgan fingerprint density at radius 3 is 2.00 bits per heavy atom. The van der Waals surface area contributed by atoms with Gasteiger partial charge in [0.25, 0.3) is 0 Å². The Bertz CT molecular complexity index is 1830. The number of benzene rings is 4. The number of nitrogens with zero attached hydrogens (tertiary/aromatic N) is 1. The van der Waals surface area contributed by atoms with Gasteiger partial charge in [0.15, 0.2) is 6.20 Å². The van der Waals surface area contributed by atoms with Crippen LogP contribution in [0.3, 0.4) is 0 Å². The Morgan fingerprint density at radius 2 is 1.33 bits per heavy atom. The predicted molar refractivity (Wildman–Crippen MR) is 166 cm³/mol. The quantitative estimate of drug-likeness (QED) is 0.165. The molecule has 0 saturated carbocycles. The van der Waals surface area contributed by atoms with Crippen molar-refractivity contribution < 1.29 is 9.30 Å². The molecular weight excluding hydrogens is 474 g/mol. The molecule has 200 valence electrons. The van der Waals surface area contributed by atoms with Crippen molar-refractivity contribution >= 4 is 32.3 Å². The molecule has 1 aliphatic heterocycles. The van der Waals surface area contributed by atoms with Gasteiger partial charge >= 0.3 is 0 Å². The first-order valence-electron chi connectivity index (χ1n) is 14.4. The fourth-order valence-corrected chi connectivity index (χ4v) is 6.82. The first kappa shape index (κ1) is 25.9. The molecule has 1 aliphatic rings. The van der Waals surface area contributed by atoms with Crippen molar-refractivity contribution in [3.05, 3.63) is 76.5 Å². The van der Waals surface area contributed by atoms with Crippen LogP contribution >= 0.6 is 0 Å². The summed E-state index contributed by atoms with van der Waals surface area (Å²) in [6.07, 6.45) is 4.25. The van der Waals surface area contributed by atoms with Gasteiger partial charge in [0.1, 0.15) is 18.5 Å². The average molecular weight is 517 g/mol. The smallest absolute Gasteiger partial charge is 0.228 e. The van der Waals surface area contributed by atoms with E-state index in [9.17, 15) is 0 Å². The van der Waals surface area contributed by atoms with Gasteiger partial charge in [0.05, 0.1) is 10.9 Å². The Balaban J connectivity index is 1.76. The molecule has 0 radical (unpaired) electrons. The second kappa shape index (κ2) is 8.55. The van der Waals surface area contributed by atoms with E-state index in [1.807, 2.05) is 0 Å². The van der Waals surface area contributed by atoms with E-state index in [1.165, 1.54) is 71.4 Å². The predicted octanol–water partition coefficient (Wildman–Crippen LogP) is 9.85. The molecule has 0 atom stereocenters. The first-order chi connectivity index (χ1) is 18.2. The fourth-order valence-electron chi connectivity index (χ4n) is 6.82. The normalized spacial score (nSPS) is 13.3. The molecule has 0 N–H and O–H groups in total. The van der Waals surface area contributed by atoms with E-state index in [2.05, 4.69) is 123 Å². The molecule has 0 aliphatic carbocycles. The van der Waals surface area contributed by atoms with Crippen molar-refractivity contribution in [1.82, 2.24) is 0 Å². The zero-order valence-corrected chi connectivity index (χ0v) is 25.4. The molecule has 2 heteroatoms. The summed E-state index contributed by atoms with van der Waals surface area (Å²) in [5, 5.41) is 7.76. The van der Waals surface area contributed by atoms with Gasteiger partial charge in [-0.15, -0.1) is 0 Å². The lowest BCUT2D eigenvalue weighted by Gasteiger charge is -2.29. The molecule has 39 heavy (non-hydrogen) atoms. The van der Waals surface area contributed by atoms with E-state index in [4.69, 9.17) is 4.74 Å². The molecule has 0 unspecified atom stereocenters. The maximum Gasteiger partial charge on any atom is 0.228 e. The highest BCUT2D eigenvalue weighted by Crippen LogP contribution is 2.53. The number of rotatable bonds is 2. The average Bonchev–Trinajstić information content (AvgIpc) is 2.85. The molecule has 0 spiro atoms. The maximum absolute atomic E-state index is 7.09. The monoisotopic (exact) mass is 516 g/mol. The SMILES string of the molecule is Cc1cc2c(cc3c4c([n+](C)ccc42)-c2c(c(CC(C)(C)C)c4ccccc4c2C)O3)c(C)c1CC(C)(C)C. The fraction of sp³-hybridized carbons (Fsp3) is 0.378.